The Labute approximate surface area is 173 Å². The number of rotatable bonds is 3. The summed E-state index contributed by atoms with van der Waals surface area (Å²) in [5, 5.41) is 0. The molecule has 1 aromatic rings. The van der Waals surface area contributed by atoms with Crippen LogP contribution in [0.25, 0.3) is 5.57 Å². The standard InChI is InChI=1S/C24H32N2O3/c1-17-10-11-19(16-18(17)2)21-22(25-12-14-29-15-13-25)24(28)26(23(21)27)20-8-6-4-3-5-7-9-20/h10-11,16,20H,3-9,12-15H2,1-2H3. The van der Waals surface area contributed by atoms with Crippen LogP contribution in [-0.4, -0.2) is 54.0 Å². The van der Waals surface area contributed by atoms with Gasteiger partial charge < -0.3 is 9.64 Å². The minimum absolute atomic E-state index is 0.0235. The average molecular weight is 397 g/mol. The second-order valence-corrected chi connectivity index (χ2v) is 8.60. The predicted octanol–water partition coefficient (Wildman–Crippen LogP) is 3.83. The number of nitrogens with zero attached hydrogens (tertiary/aromatic N) is 2. The summed E-state index contributed by atoms with van der Waals surface area (Å²) in [5.41, 5.74) is 4.36. The van der Waals surface area contributed by atoms with Crippen molar-refractivity contribution in [1.82, 2.24) is 9.80 Å². The van der Waals surface area contributed by atoms with Gasteiger partial charge in [-0.05, 0) is 43.4 Å². The van der Waals surface area contributed by atoms with Crippen molar-refractivity contribution in [2.75, 3.05) is 26.3 Å². The molecular weight excluding hydrogens is 364 g/mol. The van der Waals surface area contributed by atoms with Crippen molar-refractivity contribution in [3.8, 4) is 0 Å². The molecule has 5 heteroatoms. The summed E-state index contributed by atoms with van der Waals surface area (Å²) in [6.07, 6.45) is 7.68. The first kappa shape index (κ1) is 20.1. The molecular formula is C24H32N2O3. The number of amides is 2. The number of ether oxygens (including phenoxy) is 1. The van der Waals surface area contributed by atoms with E-state index < -0.39 is 0 Å². The highest BCUT2D eigenvalue weighted by molar-refractivity contribution is 6.35. The van der Waals surface area contributed by atoms with Gasteiger partial charge >= 0.3 is 0 Å². The molecule has 0 atom stereocenters. The lowest BCUT2D eigenvalue weighted by molar-refractivity contribution is -0.141. The van der Waals surface area contributed by atoms with Gasteiger partial charge in [-0.1, -0.05) is 50.3 Å². The van der Waals surface area contributed by atoms with Crippen LogP contribution in [0.3, 0.4) is 0 Å². The van der Waals surface area contributed by atoms with Crippen molar-refractivity contribution in [3.05, 3.63) is 40.6 Å². The fourth-order valence-corrected chi connectivity index (χ4v) is 4.80. The van der Waals surface area contributed by atoms with E-state index in [0.29, 0.717) is 37.6 Å². The highest BCUT2D eigenvalue weighted by Gasteiger charge is 2.44. The number of hydrogen-bond acceptors (Lipinski definition) is 4. The Morgan fingerprint density at radius 3 is 2.17 bits per heavy atom. The molecule has 4 rings (SSSR count). The second kappa shape index (κ2) is 8.70. The summed E-state index contributed by atoms with van der Waals surface area (Å²) in [6.45, 7) is 6.62. The van der Waals surface area contributed by atoms with E-state index in [0.717, 1.165) is 36.8 Å². The van der Waals surface area contributed by atoms with E-state index in [9.17, 15) is 9.59 Å². The van der Waals surface area contributed by atoms with Crippen molar-refractivity contribution in [1.29, 1.82) is 0 Å². The molecule has 1 aliphatic carbocycles. The third kappa shape index (κ3) is 3.97. The van der Waals surface area contributed by atoms with Gasteiger partial charge in [0.25, 0.3) is 11.8 Å². The molecule has 0 unspecified atom stereocenters. The molecule has 1 aromatic carbocycles. The molecule has 0 aromatic heterocycles. The van der Waals surface area contributed by atoms with E-state index in [-0.39, 0.29) is 17.9 Å². The summed E-state index contributed by atoms with van der Waals surface area (Å²) in [5.74, 6) is -0.207. The zero-order valence-electron chi connectivity index (χ0n) is 17.7. The Bertz CT molecular complexity index is 815. The van der Waals surface area contributed by atoms with E-state index >= 15 is 0 Å². The third-order valence-corrected chi connectivity index (χ3v) is 6.65. The Hall–Kier alpha value is -2.14. The Kier molecular flexibility index (Phi) is 6.04. The van der Waals surface area contributed by atoms with Crippen LogP contribution < -0.4 is 0 Å². The lowest BCUT2D eigenvalue weighted by Gasteiger charge is -2.31. The van der Waals surface area contributed by atoms with E-state index in [4.69, 9.17) is 4.74 Å². The number of benzene rings is 1. The van der Waals surface area contributed by atoms with Crippen molar-refractivity contribution in [3.63, 3.8) is 0 Å². The van der Waals surface area contributed by atoms with Crippen LogP contribution in [0.2, 0.25) is 0 Å². The maximum atomic E-state index is 13.7. The minimum Gasteiger partial charge on any atom is -0.378 e. The van der Waals surface area contributed by atoms with Crippen LogP contribution >= 0.6 is 0 Å². The second-order valence-electron chi connectivity index (χ2n) is 8.60. The lowest BCUT2D eigenvalue weighted by Crippen LogP contribution is -2.44. The van der Waals surface area contributed by atoms with Gasteiger partial charge in [-0.2, -0.15) is 0 Å². The van der Waals surface area contributed by atoms with Gasteiger partial charge in [0, 0.05) is 19.1 Å². The number of imide groups is 1. The van der Waals surface area contributed by atoms with Crippen molar-refractivity contribution < 1.29 is 14.3 Å². The minimum atomic E-state index is -0.106. The molecule has 2 fully saturated rings. The van der Waals surface area contributed by atoms with E-state index in [1.807, 2.05) is 12.1 Å². The highest BCUT2D eigenvalue weighted by Crippen LogP contribution is 2.36. The maximum Gasteiger partial charge on any atom is 0.278 e. The predicted molar refractivity (Wildman–Crippen MR) is 113 cm³/mol. The van der Waals surface area contributed by atoms with Gasteiger partial charge in [-0.15, -0.1) is 0 Å². The first-order valence-electron chi connectivity index (χ1n) is 11.1. The molecule has 0 bridgehead atoms. The van der Waals surface area contributed by atoms with Gasteiger partial charge in [0.15, 0.2) is 0 Å². The van der Waals surface area contributed by atoms with Gasteiger partial charge in [0.05, 0.1) is 18.8 Å². The summed E-state index contributed by atoms with van der Waals surface area (Å²) in [7, 11) is 0. The number of carbonyl (C=O) groups excluding carboxylic acids is 2. The van der Waals surface area contributed by atoms with Gasteiger partial charge in [-0.3, -0.25) is 14.5 Å². The quantitative estimate of drug-likeness (QED) is 0.729. The van der Waals surface area contributed by atoms with Crippen molar-refractivity contribution >= 4 is 17.4 Å². The van der Waals surface area contributed by atoms with Gasteiger partial charge in [0.2, 0.25) is 0 Å². The number of morpholine rings is 1. The van der Waals surface area contributed by atoms with Crippen LogP contribution in [0.1, 0.15) is 61.6 Å². The summed E-state index contributed by atoms with van der Waals surface area (Å²) < 4.78 is 5.50. The summed E-state index contributed by atoms with van der Waals surface area (Å²) in [4.78, 5) is 30.9. The third-order valence-electron chi connectivity index (χ3n) is 6.65. The molecule has 0 N–H and O–H groups in total. The zero-order chi connectivity index (χ0) is 20.4. The zero-order valence-corrected chi connectivity index (χ0v) is 17.7. The van der Waals surface area contributed by atoms with Crippen LogP contribution in [0.15, 0.2) is 23.9 Å². The molecule has 156 valence electrons. The molecule has 0 spiro atoms. The van der Waals surface area contributed by atoms with E-state index in [1.165, 1.54) is 24.8 Å². The van der Waals surface area contributed by atoms with E-state index in [2.05, 4.69) is 24.8 Å². The van der Waals surface area contributed by atoms with Gasteiger partial charge in [0.1, 0.15) is 5.70 Å². The first-order valence-corrected chi connectivity index (χ1v) is 11.1. The van der Waals surface area contributed by atoms with Crippen LogP contribution in [0.4, 0.5) is 0 Å². The monoisotopic (exact) mass is 396 g/mol. The fraction of sp³-hybridized carbons (Fsp3) is 0.583. The summed E-state index contributed by atoms with van der Waals surface area (Å²) in [6, 6.07) is 6.11. The van der Waals surface area contributed by atoms with Crippen LogP contribution in [-0.2, 0) is 14.3 Å². The number of carbonyl (C=O) groups is 2. The SMILES string of the molecule is Cc1ccc(C2=C(N3CCOCC3)C(=O)N(C3CCCCCCC3)C2=O)cc1C. The van der Waals surface area contributed by atoms with Crippen LogP contribution in [0, 0.1) is 13.8 Å². The van der Waals surface area contributed by atoms with Crippen molar-refractivity contribution in [2.45, 2.75) is 64.8 Å². The summed E-state index contributed by atoms with van der Waals surface area (Å²) >= 11 is 0. The Balaban J connectivity index is 1.73. The molecule has 2 amide bonds. The number of aryl methyl sites for hydroxylation is 2. The molecule has 0 radical (unpaired) electrons. The molecule has 3 aliphatic rings. The fourth-order valence-electron chi connectivity index (χ4n) is 4.80. The first-order chi connectivity index (χ1) is 14.1. The average Bonchev–Trinajstić information content (AvgIpc) is 2.95. The smallest absolute Gasteiger partial charge is 0.278 e. The largest absolute Gasteiger partial charge is 0.378 e. The van der Waals surface area contributed by atoms with Crippen LogP contribution in [0.5, 0.6) is 0 Å². The molecule has 5 nitrogen and oxygen atoms in total. The Morgan fingerprint density at radius 1 is 0.862 bits per heavy atom. The molecule has 1 saturated heterocycles. The van der Waals surface area contributed by atoms with Gasteiger partial charge in [-0.25, -0.2) is 0 Å². The molecule has 1 saturated carbocycles. The normalized spacial score (nSPS) is 22.3. The van der Waals surface area contributed by atoms with E-state index in [1.54, 1.807) is 4.90 Å². The molecule has 2 aliphatic heterocycles. The lowest BCUT2D eigenvalue weighted by atomic mass is 9.95. The molecule has 29 heavy (non-hydrogen) atoms. The van der Waals surface area contributed by atoms with Crippen molar-refractivity contribution in [2.24, 2.45) is 0 Å². The topological polar surface area (TPSA) is 49.9 Å². The number of hydrogen-bond donors (Lipinski definition) is 0. The Morgan fingerprint density at radius 2 is 1.52 bits per heavy atom. The maximum absolute atomic E-state index is 13.7. The molecule has 2 heterocycles. The highest BCUT2D eigenvalue weighted by atomic mass is 16.5.